The SMILES string of the molecule is CCOC(=O)c1cc(CC)sc1NC(=O)c1cc(C)oc1C. The van der Waals surface area contributed by atoms with Crippen molar-refractivity contribution in [2.75, 3.05) is 11.9 Å². The molecule has 0 fully saturated rings. The molecule has 2 aromatic heterocycles. The number of hydrogen-bond acceptors (Lipinski definition) is 5. The summed E-state index contributed by atoms with van der Waals surface area (Å²) < 4.78 is 10.4. The number of hydrogen-bond donors (Lipinski definition) is 1. The summed E-state index contributed by atoms with van der Waals surface area (Å²) in [5.41, 5.74) is 0.869. The minimum Gasteiger partial charge on any atom is -0.466 e. The lowest BCUT2D eigenvalue weighted by Gasteiger charge is -2.05. The van der Waals surface area contributed by atoms with Gasteiger partial charge in [-0.05, 0) is 39.3 Å². The van der Waals surface area contributed by atoms with Gasteiger partial charge in [0.1, 0.15) is 16.5 Å². The largest absolute Gasteiger partial charge is 0.466 e. The number of furan rings is 1. The number of carbonyl (C=O) groups excluding carboxylic acids is 2. The molecule has 0 saturated carbocycles. The van der Waals surface area contributed by atoms with Gasteiger partial charge in [0.2, 0.25) is 0 Å². The summed E-state index contributed by atoms with van der Waals surface area (Å²) in [7, 11) is 0. The van der Waals surface area contributed by atoms with Crippen molar-refractivity contribution >= 4 is 28.2 Å². The first-order valence-electron chi connectivity index (χ1n) is 7.14. The van der Waals surface area contributed by atoms with Crippen LogP contribution in [0.25, 0.3) is 0 Å². The van der Waals surface area contributed by atoms with Crippen LogP contribution in [0.2, 0.25) is 0 Å². The molecule has 0 saturated heterocycles. The Hall–Kier alpha value is -2.08. The molecule has 22 heavy (non-hydrogen) atoms. The number of rotatable bonds is 5. The fourth-order valence-corrected chi connectivity index (χ4v) is 3.08. The molecule has 2 rings (SSSR count). The number of carbonyl (C=O) groups is 2. The zero-order valence-corrected chi connectivity index (χ0v) is 13.9. The summed E-state index contributed by atoms with van der Waals surface area (Å²) in [6.45, 7) is 7.56. The molecule has 0 aliphatic carbocycles. The van der Waals surface area contributed by atoms with E-state index in [0.29, 0.717) is 34.3 Å². The summed E-state index contributed by atoms with van der Waals surface area (Å²) in [5, 5.41) is 3.31. The van der Waals surface area contributed by atoms with Gasteiger partial charge in [0.25, 0.3) is 5.91 Å². The van der Waals surface area contributed by atoms with Crippen molar-refractivity contribution < 1.29 is 18.7 Å². The van der Waals surface area contributed by atoms with Gasteiger partial charge < -0.3 is 14.5 Å². The monoisotopic (exact) mass is 321 g/mol. The topological polar surface area (TPSA) is 68.5 Å². The molecule has 0 unspecified atom stereocenters. The summed E-state index contributed by atoms with van der Waals surface area (Å²) in [5.74, 6) is 0.520. The van der Waals surface area contributed by atoms with E-state index in [1.54, 1.807) is 32.9 Å². The smallest absolute Gasteiger partial charge is 0.341 e. The summed E-state index contributed by atoms with van der Waals surface area (Å²) in [6.07, 6.45) is 0.788. The predicted molar refractivity (Wildman–Crippen MR) is 85.8 cm³/mol. The van der Waals surface area contributed by atoms with Crippen LogP contribution in [0.15, 0.2) is 16.5 Å². The highest BCUT2D eigenvalue weighted by atomic mass is 32.1. The Labute approximate surface area is 133 Å². The van der Waals surface area contributed by atoms with E-state index in [1.165, 1.54) is 11.3 Å². The van der Waals surface area contributed by atoms with Crippen LogP contribution in [0.4, 0.5) is 5.00 Å². The second-order valence-electron chi connectivity index (χ2n) is 4.81. The van der Waals surface area contributed by atoms with Crippen LogP contribution < -0.4 is 5.32 Å². The maximum atomic E-state index is 12.4. The van der Waals surface area contributed by atoms with Crippen LogP contribution in [-0.2, 0) is 11.2 Å². The van der Waals surface area contributed by atoms with Crippen molar-refractivity contribution in [2.24, 2.45) is 0 Å². The molecule has 0 spiro atoms. The molecule has 2 aromatic rings. The zero-order chi connectivity index (χ0) is 16.3. The van der Waals surface area contributed by atoms with Crippen molar-refractivity contribution in [3.05, 3.63) is 39.7 Å². The molecule has 1 amide bonds. The van der Waals surface area contributed by atoms with E-state index in [1.807, 2.05) is 6.92 Å². The van der Waals surface area contributed by atoms with Gasteiger partial charge in [-0.2, -0.15) is 0 Å². The molecule has 0 radical (unpaired) electrons. The lowest BCUT2D eigenvalue weighted by molar-refractivity contribution is 0.0528. The van der Waals surface area contributed by atoms with Crippen molar-refractivity contribution in [1.29, 1.82) is 0 Å². The summed E-state index contributed by atoms with van der Waals surface area (Å²) in [6, 6.07) is 3.45. The van der Waals surface area contributed by atoms with Gasteiger partial charge in [-0.15, -0.1) is 11.3 Å². The van der Waals surface area contributed by atoms with Crippen LogP contribution in [0, 0.1) is 13.8 Å². The standard InChI is InChI=1S/C16H19NO4S/c1-5-11-8-13(16(19)20-6-2)15(22-11)17-14(18)12-7-9(3)21-10(12)4/h7-8H,5-6H2,1-4H3,(H,17,18). The van der Waals surface area contributed by atoms with Gasteiger partial charge in [0.15, 0.2) is 0 Å². The fraction of sp³-hybridized carbons (Fsp3) is 0.375. The lowest BCUT2D eigenvalue weighted by Crippen LogP contribution is -2.14. The quantitative estimate of drug-likeness (QED) is 0.847. The van der Waals surface area contributed by atoms with E-state index in [0.717, 1.165) is 11.3 Å². The lowest BCUT2D eigenvalue weighted by atomic mass is 10.2. The Morgan fingerprint density at radius 3 is 2.50 bits per heavy atom. The third-order valence-corrected chi connectivity index (χ3v) is 4.33. The number of esters is 1. The molecule has 0 aliphatic rings. The second-order valence-corrected chi connectivity index (χ2v) is 5.95. The van der Waals surface area contributed by atoms with E-state index in [-0.39, 0.29) is 5.91 Å². The summed E-state index contributed by atoms with van der Waals surface area (Å²) >= 11 is 1.39. The number of nitrogens with one attached hydrogen (secondary N) is 1. The molecular formula is C16H19NO4S. The van der Waals surface area contributed by atoms with E-state index < -0.39 is 5.97 Å². The third kappa shape index (κ3) is 3.39. The first-order chi connectivity index (χ1) is 10.5. The molecule has 6 heteroatoms. The van der Waals surface area contributed by atoms with Gasteiger partial charge in [-0.3, -0.25) is 4.79 Å². The number of ether oxygens (including phenoxy) is 1. The van der Waals surface area contributed by atoms with Crippen LogP contribution in [0.5, 0.6) is 0 Å². The van der Waals surface area contributed by atoms with Crippen LogP contribution in [0.1, 0.15) is 51.0 Å². The minimum atomic E-state index is -0.422. The van der Waals surface area contributed by atoms with Gasteiger partial charge in [0.05, 0.1) is 17.7 Å². The van der Waals surface area contributed by atoms with E-state index in [9.17, 15) is 9.59 Å². The fourth-order valence-electron chi connectivity index (χ4n) is 2.10. The molecule has 5 nitrogen and oxygen atoms in total. The minimum absolute atomic E-state index is 0.288. The Balaban J connectivity index is 2.28. The van der Waals surface area contributed by atoms with E-state index in [4.69, 9.17) is 9.15 Å². The molecule has 118 valence electrons. The third-order valence-electron chi connectivity index (χ3n) is 3.14. The van der Waals surface area contributed by atoms with E-state index in [2.05, 4.69) is 5.32 Å². The van der Waals surface area contributed by atoms with Crippen LogP contribution in [0.3, 0.4) is 0 Å². The van der Waals surface area contributed by atoms with E-state index >= 15 is 0 Å². The number of aryl methyl sites for hydroxylation is 3. The number of amides is 1. The van der Waals surface area contributed by atoms with Gasteiger partial charge in [-0.25, -0.2) is 4.79 Å². The first kappa shape index (κ1) is 16.3. The highest BCUT2D eigenvalue weighted by Crippen LogP contribution is 2.30. The summed E-state index contributed by atoms with van der Waals surface area (Å²) in [4.78, 5) is 25.4. The predicted octanol–water partition coefficient (Wildman–Crippen LogP) is 3.95. The molecule has 1 N–H and O–H groups in total. The Kier molecular flexibility index (Phi) is 5.03. The molecule has 0 aromatic carbocycles. The Morgan fingerprint density at radius 1 is 1.23 bits per heavy atom. The second kappa shape index (κ2) is 6.79. The molecule has 0 bridgehead atoms. The molecule has 0 aliphatic heterocycles. The average molecular weight is 321 g/mol. The van der Waals surface area contributed by atoms with Gasteiger partial charge in [-0.1, -0.05) is 6.92 Å². The number of anilines is 1. The highest BCUT2D eigenvalue weighted by molar-refractivity contribution is 7.16. The van der Waals surface area contributed by atoms with Crippen molar-refractivity contribution in [3.8, 4) is 0 Å². The van der Waals surface area contributed by atoms with Gasteiger partial charge in [0, 0.05) is 4.88 Å². The molecular weight excluding hydrogens is 302 g/mol. The first-order valence-corrected chi connectivity index (χ1v) is 7.96. The Bertz CT molecular complexity index is 699. The Morgan fingerprint density at radius 2 is 1.95 bits per heavy atom. The van der Waals surface area contributed by atoms with Crippen molar-refractivity contribution in [1.82, 2.24) is 0 Å². The van der Waals surface area contributed by atoms with Crippen molar-refractivity contribution in [3.63, 3.8) is 0 Å². The van der Waals surface area contributed by atoms with Crippen LogP contribution in [-0.4, -0.2) is 18.5 Å². The molecule has 2 heterocycles. The highest BCUT2D eigenvalue weighted by Gasteiger charge is 2.21. The number of thiophene rings is 1. The maximum Gasteiger partial charge on any atom is 0.341 e. The van der Waals surface area contributed by atoms with Crippen LogP contribution >= 0.6 is 11.3 Å². The normalized spacial score (nSPS) is 10.5. The average Bonchev–Trinajstić information content (AvgIpc) is 3.02. The van der Waals surface area contributed by atoms with Gasteiger partial charge >= 0.3 is 5.97 Å². The van der Waals surface area contributed by atoms with Crippen molar-refractivity contribution in [2.45, 2.75) is 34.1 Å². The molecule has 0 atom stereocenters. The maximum absolute atomic E-state index is 12.4. The zero-order valence-electron chi connectivity index (χ0n) is 13.1.